The number of hydrogen-bond donors (Lipinski definition) is 2. The zero-order valence-electron chi connectivity index (χ0n) is 15.2. The molecule has 1 aromatic carbocycles. The van der Waals surface area contributed by atoms with Gasteiger partial charge in [-0.05, 0) is 25.3 Å². The second kappa shape index (κ2) is 12.7. The highest BCUT2D eigenvalue weighted by atomic mass is 127. The minimum atomic E-state index is -0.238. The molecule has 8 heteroatoms. The third-order valence-corrected chi connectivity index (χ3v) is 4.00. The van der Waals surface area contributed by atoms with Gasteiger partial charge >= 0.3 is 6.09 Å². The van der Waals surface area contributed by atoms with Crippen LogP contribution in [0.1, 0.15) is 25.3 Å². The van der Waals surface area contributed by atoms with E-state index in [1.165, 1.54) is 0 Å². The maximum absolute atomic E-state index is 11.7. The highest BCUT2D eigenvalue weighted by Crippen LogP contribution is 2.11. The summed E-state index contributed by atoms with van der Waals surface area (Å²) in [6.07, 6.45) is 1.43. The van der Waals surface area contributed by atoms with Crippen molar-refractivity contribution in [1.29, 1.82) is 0 Å². The van der Waals surface area contributed by atoms with Gasteiger partial charge in [0.15, 0.2) is 5.96 Å². The quantitative estimate of drug-likeness (QED) is 0.273. The Bertz CT molecular complexity index is 549. The van der Waals surface area contributed by atoms with Gasteiger partial charge in [-0.25, -0.2) is 4.79 Å². The SMILES string of the molecule is CCOC(=O)N1CCC(NC(N)=NCCOCc2ccccc2)CC1.I. The van der Waals surface area contributed by atoms with Crippen LogP contribution in [0, 0.1) is 0 Å². The number of hydrogen-bond acceptors (Lipinski definition) is 4. The summed E-state index contributed by atoms with van der Waals surface area (Å²) in [5, 5.41) is 3.21. The molecule has 0 aromatic heterocycles. The van der Waals surface area contributed by atoms with E-state index in [4.69, 9.17) is 15.2 Å². The van der Waals surface area contributed by atoms with Crippen molar-refractivity contribution in [3.8, 4) is 0 Å². The Morgan fingerprint density at radius 1 is 1.31 bits per heavy atom. The largest absolute Gasteiger partial charge is 0.450 e. The van der Waals surface area contributed by atoms with Gasteiger partial charge in [0.25, 0.3) is 0 Å². The van der Waals surface area contributed by atoms with Gasteiger partial charge in [0, 0.05) is 19.1 Å². The Kier molecular flexibility index (Phi) is 11.0. The van der Waals surface area contributed by atoms with Gasteiger partial charge in [0.2, 0.25) is 0 Å². The Balaban J connectivity index is 0.00000338. The minimum absolute atomic E-state index is 0. The Labute approximate surface area is 172 Å². The van der Waals surface area contributed by atoms with E-state index in [1.54, 1.807) is 4.90 Å². The standard InChI is InChI=1S/C18H28N4O3.HI/c1-2-25-18(23)22-11-8-16(9-12-22)21-17(19)20-10-13-24-14-15-6-4-3-5-7-15;/h3-7,16H,2,8-14H2,1H3,(H3,19,20,21);1H. The van der Waals surface area contributed by atoms with E-state index in [-0.39, 0.29) is 36.1 Å². The molecule has 0 radical (unpaired) electrons. The van der Waals surface area contributed by atoms with Crippen LogP contribution in [0.5, 0.6) is 0 Å². The molecule has 3 N–H and O–H groups in total. The number of guanidine groups is 1. The molecule has 1 saturated heterocycles. The molecule has 7 nitrogen and oxygen atoms in total. The van der Waals surface area contributed by atoms with Crippen molar-refractivity contribution in [1.82, 2.24) is 10.2 Å². The van der Waals surface area contributed by atoms with Crippen molar-refractivity contribution < 1.29 is 14.3 Å². The normalized spacial score (nSPS) is 15.3. The van der Waals surface area contributed by atoms with E-state index in [1.807, 2.05) is 37.3 Å². The van der Waals surface area contributed by atoms with Gasteiger partial charge in [-0.15, -0.1) is 24.0 Å². The first-order valence-corrected chi connectivity index (χ1v) is 8.79. The van der Waals surface area contributed by atoms with Gasteiger partial charge in [-0.2, -0.15) is 0 Å². The predicted molar refractivity (Wildman–Crippen MR) is 113 cm³/mol. The average molecular weight is 476 g/mol. The maximum atomic E-state index is 11.7. The number of nitrogens with one attached hydrogen (secondary N) is 1. The summed E-state index contributed by atoms with van der Waals surface area (Å²) in [5.41, 5.74) is 7.06. The molecule has 1 amide bonds. The molecule has 0 spiro atoms. The molecule has 1 heterocycles. The summed E-state index contributed by atoms with van der Waals surface area (Å²) in [6.45, 7) is 5.19. The molecule has 0 saturated carbocycles. The molecule has 0 bridgehead atoms. The van der Waals surface area contributed by atoms with E-state index < -0.39 is 0 Å². The first-order valence-electron chi connectivity index (χ1n) is 8.79. The summed E-state index contributed by atoms with van der Waals surface area (Å²) in [6, 6.07) is 10.3. The third kappa shape index (κ3) is 8.22. The average Bonchev–Trinajstić information content (AvgIpc) is 2.63. The fourth-order valence-electron chi connectivity index (χ4n) is 2.67. The van der Waals surface area contributed by atoms with E-state index in [0.29, 0.717) is 45.4 Å². The maximum Gasteiger partial charge on any atom is 0.409 e. The summed E-state index contributed by atoms with van der Waals surface area (Å²) < 4.78 is 10.6. The molecule has 26 heavy (non-hydrogen) atoms. The molecule has 146 valence electrons. The van der Waals surface area contributed by atoms with Crippen LogP contribution in [0.25, 0.3) is 0 Å². The first-order chi connectivity index (χ1) is 12.2. The molecular formula is C18H29IN4O3. The lowest BCUT2D eigenvalue weighted by atomic mass is 10.1. The van der Waals surface area contributed by atoms with Gasteiger partial charge in [0.05, 0.1) is 26.4 Å². The van der Waals surface area contributed by atoms with Crippen molar-refractivity contribution in [3.63, 3.8) is 0 Å². The fraction of sp³-hybridized carbons (Fsp3) is 0.556. The van der Waals surface area contributed by atoms with Crippen LogP contribution >= 0.6 is 24.0 Å². The van der Waals surface area contributed by atoms with Crippen molar-refractivity contribution in [2.45, 2.75) is 32.4 Å². The van der Waals surface area contributed by atoms with Gasteiger partial charge < -0.3 is 25.4 Å². The number of likely N-dealkylation sites (tertiary alicyclic amines) is 1. The number of carbonyl (C=O) groups excluding carboxylic acids is 1. The van der Waals surface area contributed by atoms with Crippen LogP contribution in [-0.2, 0) is 16.1 Å². The number of aliphatic imine (C=N–C) groups is 1. The summed E-state index contributed by atoms with van der Waals surface area (Å²) in [7, 11) is 0. The van der Waals surface area contributed by atoms with Crippen molar-refractivity contribution in [2.24, 2.45) is 10.7 Å². The number of rotatable bonds is 7. The zero-order chi connectivity index (χ0) is 17.9. The lowest BCUT2D eigenvalue weighted by Crippen LogP contribution is -2.48. The van der Waals surface area contributed by atoms with Crippen LogP contribution in [0.15, 0.2) is 35.3 Å². The first kappa shape index (κ1) is 22.5. The summed E-state index contributed by atoms with van der Waals surface area (Å²) in [4.78, 5) is 17.7. The monoisotopic (exact) mass is 476 g/mol. The lowest BCUT2D eigenvalue weighted by molar-refractivity contribution is 0.0963. The molecule has 0 aliphatic carbocycles. The molecular weight excluding hydrogens is 447 g/mol. The summed E-state index contributed by atoms with van der Waals surface area (Å²) >= 11 is 0. The van der Waals surface area contributed by atoms with Gasteiger partial charge in [0.1, 0.15) is 0 Å². The molecule has 2 rings (SSSR count). The van der Waals surface area contributed by atoms with Crippen molar-refractivity contribution in [2.75, 3.05) is 32.8 Å². The van der Waals surface area contributed by atoms with E-state index >= 15 is 0 Å². The molecule has 0 unspecified atom stereocenters. The Morgan fingerprint density at radius 3 is 2.65 bits per heavy atom. The van der Waals surface area contributed by atoms with Crippen LogP contribution in [-0.4, -0.2) is 55.8 Å². The van der Waals surface area contributed by atoms with E-state index in [2.05, 4.69) is 10.3 Å². The second-order valence-electron chi connectivity index (χ2n) is 5.91. The topological polar surface area (TPSA) is 89.2 Å². The highest BCUT2D eigenvalue weighted by molar-refractivity contribution is 14.0. The molecule has 1 aliphatic heterocycles. The van der Waals surface area contributed by atoms with Crippen LogP contribution < -0.4 is 11.1 Å². The molecule has 1 aromatic rings. The molecule has 0 atom stereocenters. The number of carbonyl (C=O) groups is 1. The number of nitrogens with zero attached hydrogens (tertiary/aromatic N) is 2. The predicted octanol–water partition coefficient (Wildman–Crippen LogP) is 2.35. The number of halogens is 1. The number of ether oxygens (including phenoxy) is 2. The highest BCUT2D eigenvalue weighted by Gasteiger charge is 2.23. The van der Waals surface area contributed by atoms with Crippen molar-refractivity contribution in [3.05, 3.63) is 35.9 Å². The van der Waals surface area contributed by atoms with E-state index in [0.717, 1.165) is 18.4 Å². The number of piperidine rings is 1. The van der Waals surface area contributed by atoms with Gasteiger partial charge in [-0.3, -0.25) is 4.99 Å². The van der Waals surface area contributed by atoms with E-state index in [9.17, 15) is 4.79 Å². The Morgan fingerprint density at radius 2 is 2.00 bits per heavy atom. The Hall–Kier alpha value is -1.55. The number of nitrogens with two attached hydrogens (primary N) is 1. The zero-order valence-corrected chi connectivity index (χ0v) is 17.6. The van der Waals surface area contributed by atoms with Crippen LogP contribution in [0.2, 0.25) is 0 Å². The van der Waals surface area contributed by atoms with Crippen molar-refractivity contribution >= 4 is 36.0 Å². The molecule has 1 fully saturated rings. The fourth-order valence-corrected chi connectivity index (χ4v) is 2.67. The third-order valence-electron chi connectivity index (χ3n) is 4.00. The van der Waals surface area contributed by atoms with Crippen LogP contribution in [0.3, 0.4) is 0 Å². The smallest absolute Gasteiger partial charge is 0.409 e. The summed E-state index contributed by atoms with van der Waals surface area (Å²) in [5.74, 6) is 0.429. The van der Waals surface area contributed by atoms with Crippen LogP contribution in [0.4, 0.5) is 4.79 Å². The number of benzene rings is 1. The number of amides is 1. The lowest BCUT2D eigenvalue weighted by Gasteiger charge is -2.31. The van der Waals surface area contributed by atoms with Gasteiger partial charge in [-0.1, -0.05) is 30.3 Å². The second-order valence-corrected chi connectivity index (χ2v) is 5.91. The minimum Gasteiger partial charge on any atom is -0.450 e. The molecule has 1 aliphatic rings.